The van der Waals surface area contributed by atoms with Crippen LogP contribution in [0, 0.1) is 0 Å². The van der Waals surface area contributed by atoms with E-state index in [1.807, 2.05) is 42.1 Å². The van der Waals surface area contributed by atoms with Crippen LogP contribution in [0.3, 0.4) is 0 Å². The Labute approximate surface area is 130 Å². The number of rotatable bonds is 7. The second-order valence-electron chi connectivity index (χ2n) is 5.35. The number of carbonyl (C=O) groups is 1. The molecule has 116 valence electrons. The normalized spacial score (nSPS) is 20.0. The molecule has 2 atom stereocenters. The summed E-state index contributed by atoms with van der Waals surface area (Å²) >= 11 is 1.90. The Balaban J connectivity index is 1.79. The lowest BCUT2D eigenvalue weighted by atomic mass is 9.96. The van der Waals surface area contributed by atoms with E-state index in [0.717, 1.165) is 23.6 Å². The standard InChI is InChI=1S/C16H24N2O2S/c19-8-6-14(13-4-2-1-3-5-13)11-18-16(20)10-15-12-21-9-7-17-15/h1-5,14-15,17,19H,6-12H2,(H,18,20). The number of thioether (sulfide) groups is 1. The zero-order chi connectivity index (χ0) is 14.9. The molecule has 1 aromatic rings. The van der Waals surface area contributed by atoms with E-state index in [1.165, 1.54) is 0 Å². The predicted octanol–water partition coefficient (Wildman–Crippen LogP) is 1.36. The van der Waals surface area contributed by atoms with Gasteiger partial charge in [-0.1, -0.05) is 30.3 Å². The summed E-state index contributed by atoms with van der Waals surface area (Å²) in [6.07, 6.45) is 1.20. The maximum atomic E-state index is 12.0. The smallest absolute Gasteiger partial charge is 0.221 e. The Kier molecular flexibility index (Phi) is 7.06. The molecule has 0 aliphatic carbocycles. The topological polar surface area (TPSA) is 61.4 Å². The van der Waals surface area contributed by atoms with E-state index in [1.54, 1.807) is 0 Å². The van der Waals surface area contributed by atoms with Gasteiger partial charge in [0.05, 0.1) is 0 Å². The second-order valence-corrected chi connectivity index (χ2v) is 6.50. The summed E-state index contributed by atoms with van der Waals surface area (Å²) in [7, 11) is 0. The van der Waals surface area contributed by atoms with Gasteiger partial charge in [0.25, 0.3) is 0 Å². The molecule has 0 radical (unpaired) electrons. The summed E-state index contributed by atoms with van der Waals surface area (Å²) in [5.74, 6) is 2.40. The number of benzene rings is 1. The highest BCUT2D eigenvalue weighted by molar-refractivity contribution is 7.99. The molecule has 0 aromatic heterocycles. The zero-order valence-electron chi connectivity index (χ0n) is 12.3. The van der Waals surface area contributed by atoms with Gasteiger partial charge in [0.1, 0.15) is 0 Å². The summed E-state index contributed by atoms with van der Waals surface area (Å²) in [6.45, 7) is 1.71. The molecule has 1 amide bonds. The van der Waals surface area contributed by atoms with Crippen LogP contribution in [-0.2, 0) is 4.79 Å². The minimum absolute atomic E-state index is 0.0915. The molecule has 5 heteroatoms. The van der Waals surface area contributed by atoms with Gasteiger partial charge in [0.15, 0.2) is 0 Å². The van der Waals surface area contributed by atoms with Gasteiger partial charge in [-0.05, 0) is 12.0 Å². The monoisotopic (exact) mass is 308 g/mol. The van der Waals surface area contributed by atoms with Gasteiger partial charge in [-0.2, -0.15) is 11.8 Å². The van der Waals surface area contributed by atoms with Crippen LogP contribution < -0.4 is 10.6 Å². The molecule has 1 aliphatic heterocycles. The average molecular weight is 308 g/mol. The van der Waals surface area contributed by atoms with Gasteiger partial charge in [0.2, 0.25) is 5.91 Å². The Morgan fingerprint density at radius 1 is 1.43 bits per heavy atom. The summed E-state index contributed by atoms with van der Waals surface area (Å²) in [6, 6.07) is 10.3. The molecular weight excluding hydrogens is 284 g/mol. The van der Waals surface area contributed by atoms with Crippen molar-refractivity contribution in [1.29, 1.82) is 0 Å². The first kappa shape index (κ1) is 16.3. The first-order valence-corrected chi connectivity index (χ1v) is 8.68. The summed E-state index contributed by atoms with van der Waals surface area (Å²) in [4.78, 5) is 12.0. The van der Waals surface area contributed by atoms with Crippen molar-refractivity contribution in [2.75, 3.05) is 31.2 Å². The van der Waals surface area contributed by atoms with Crippen LogP contribution in [0.15, 0.2) is 30.3 Å². The molecular formula is C16H24N2O2S. The van der Waals surface area contributed by atoms with Gasteiger partial charge in [-0.15, -0.1) is 0 Å². The van der Waals surface area contributed by atoms with Crippen molar-refractivity contribution in [1.82, 2.24) is 10.6 Å². The maximum absolute atomic E-state index is 12.0. The third-order valence-electron chi connectivity index (χ3n) is 3.72. The molecule has 0 saturated carbocycles. The number of amides is 1. The van der Waals surface area contributed by atoms with E-state index in [2.05, 4.69) is 10.6 Å². The van der Waals surface area contributed by atoms with E-state index in [0.29, 0.717) is 19.4 Å². The average Bonchev–Trinajstić information content (AvgIpc) is 2.53. The van der Waals surface area contributed by atoms with Crippen molar-refractivity contribution < 1.29 is 9.90 Å². The highest BCUT2D eigenvalue weighted by atomic mass is 32.2. The van der Waals surface area contributed by atoms with E-state index in [4.69, 9.17) is 0 Å². The lowest BCUT2D eigenvalue weighted by Gasteiger charge is -2.23. The Morgan fingerprint density at radius 3 is 2.90 bits per heavy atom. The number of hydrogen-bond acceptors (Lipinski definition) is 4. The molecule has 2 rings (SSSR count). The van der Waals surface area contributed by atoms with Crippen molar-refractivity contribution >= 4 is 17.7 Å². The molecule has 21 heavy (non-hydrogen) atoms. The largest absolute Gasteiger partial charge is 0.396 e. The highest BCUT2D eigenvalue weighted by Gasteiger charge is 2.18. The first-order valence-electron chi connectivity index (χ1n) is 7.53. The van der Waals surface area contributed by atoms with Crippen molar-refractivity contribution in [3.8, 4) is 0 Å². The van der Waals surface area contributed by atoms with Crippen LogP contribution in [0.4, 0.5) is 0 Å². The number of nitrogens with one attached hydrogen (secondary N) is 2. The van der Waals surface area contributed by atoms with Crippen molar-refractivity contribution in [2.45, 2.75) is 24.8 Å². The molecule has 1 fully saturated rings. The third-order valence-corrected chi connectivity index (χ3v) is 4.86. The van der Waals surface area contributed by atoms with E-state index in [-0.39, 0.29) is 24.5 Å². The van der Waals surface area contributed by atoms with Crippen LogP contribution >= 0.6 is 11.8 Å². The van der Waals surface area contributed by atoms with Gasteiger partial charge >= 0.3 is 0 Å². The van der Waals surface area contributed by atoms with Gasteiger partial charge in [-0.3, -0.25) is 4.79 Å². The fourth-order valence-corrected chi connectivity index (χ4v) is 3.50. The summed E-state index contributed by atoms with van der Waals surface area (Å²) in [5, 5.41) is 15.6. The molecule has 2 unspecified atom stereocenters. The molecule has 1 aromatic carbocycles. The zero-order valence-corrected chi connectivity index (χ0v) is 13.1. The fourth-order valence-electron chi connectivity index (χ4n) is 2.55. The Morgan fingerprint density at radius 2 is 2.24 bits per heavy atom. The minimum Gasteiger partial charge on any atom is -0.396 e. The van der Waals surface area contributed by atoms with Crippen LogP contribution in [0.5, 0.6) is 0 Å². The molecule has 0 bridgehead atoms. The number of hydrogen-bond donors (Lipinski definition) is 3. The van der Waals surface area contributed by atoms with E-state index < -0.39 is 0 Å². The quantitative estimate of drug-likeness (QED) is 0.712. The first-order chi connectivity index (χ1) is 10.3. The van der Waals surface area contributed by atoms with E-state index in [9.17, 15) is 9.90 Å². The minimum atomic E-state index is 0.0915. The van der Waals surface area contributed by atoms with Crippen LogP contribution in [0.2, 0.25) is 0 Å². The SMILES string of the molecule is O=C(CC1CSCCN1)NCC(CCO)c1ccccc1. The van der Waals surface area contributed by atoms with E-state index >= 15 is 0 Å². The molecule has 1 saturated heterocycles. The lowest BCUT2D eigenvalue weighted by Crippen LogP contribution is -2.42. The fraction of sp³-hybridized carbons (Fsp3) is 0.562. The van der Waals surface area contributed by atoms with Gasteiger partial charge < -0.3 is 15.7 Å². The molecule has 3 N–H and O–H groups in total. The maximum Gasteiger partial charge on any atom is 0.221 e. The highest BCUT2D eigenvalue weighted by Crippen LogP contribution is 2.18. The van der Waals surface area contributed by atoms with Crippen LogP contribution in [0.1, 0.15) is 24.3 Å². The molecule has 0 spiro atoms. The summed E-state index contributed by atoms with van der Waals surface area (Å²) in [5.41, 5.74) is 1.16. The van der Waals surface area contributed by atoms with Gasteiger partial charge in [0, 0.05) is 49.6 Å². The molecule has 4 nitrogen and oxygen atoms in total. The van der Waals surface area contributed by atoms with Crippen molar-refractivity contribution in [2.24, 2.45) is 0 Å². The third kappa shape index (κ3) is 5.69. The number of aliphatic hydroxyl groups excluding tert-OH is 1. The second kappa shape index (κ2) is 9.07. The number of carbonyl (C=O) groups excluding carboxylic acids is 1. The summed E-state index contributed by atoms with van der Waals surface area (Å²) < 4.78 is 0. The van der Waals surface area contributed by atoms with Crippen molar-refractivity contribution in [3.63, 3.8) is 0 Å². The Hall–Kier alpha value is -1.04. The lowest BCUT2D eigenvalue weighted by molar-refractivity contribution is -0.121. The molecule has 1 aliphatic rings. The van der Waals surface area contributed by atoms with Crippen molar-refractivity contribution in [3.05, 3.63) is 35.9 Å². The van der Waals surface area contributed by atoms with Crippen LogP contribution in [0.25, 0.3) is 0 Å². The molecule has 1 heterocycles. The van der Waals surface area contributed by atoms with Crippen LogP contribution in [-0.4, -0.2) is 48.3 Å². The Bertz CT molecular complexity index is 422. The van der Waals surface area contributed by atoms with Gasteiger partial charge in [-0.25, -0.2) is 0 Å². The predicted molar refractivity (Wildman–Crippen MR) is 87.6 cm³/mol. The number of aliphatic hydroxyl groups is 1.